The van der Waals surface area contributed by atoms with Crippen LogP contribution in [-0.2, 0) is 11.3 Å². The molecular weight excluding hydrogens is 351 g/mol. The van der Waals surface area contributed by atoms with Crippen molar-refractivity contribution in [3.8, 4) is 5.75 Å². The predicted octanol–water partition coefficient (Wildman–Crippen LogP) is 4.19. The van der Waals surface area contributed by atoms with Crippen LogP contribution in [0.2, 0.25) is 10.0 Å². The van der Waals surface area contributed by atoms with Crippen molar-refractivity contribution < 1.29 is 14.3 Å². The molecule has 1 heterocycles. The molecule has 0 radical (unpaired) electrons. The van der Waals surface area contributed by atoms with Gasteiger partial charge in [-0.2, -0.15) is 0 Å². The highest BCUT2D eigenvalue weighted by Crippen LogP contribution is 2.29. The van der Waals surface area contributed by atoms with E-state index in [0.717, 1.165) is 11.3 Å². The van der Waals surface area contributed by atoms with Crippen molar-refractivity contribution in [2.75, 3.05) is 14.2 Å². The van der Waals surface area contributed by atoms with Gasteiger partial charge >= 0.3 is 5.97 Å². The summed E-state index contributed by atoms with van der Waals surface area (Å²) >= 11 is 12.2. The fourth-order valence-corrected chi connectivity index (χ4v) is 2.76. The summed E-state index contributed by atoms with van der Waals surface area (Å²) in [4.78, 5) is 16.4. The Labute approximate surface area is 148 Å². The molecule has 0 fully saturated rings. The number of methoxy groups -OCH3 is 2. The van der Waals surface area contributed by atoms with Crippen LogP contribution in [0.25, 0.3) is 11.0 Å². The Bertz CT molecular complexity index is 904. The van der Waals surface area contributed by atoms with Crippen molar-refractivity contribution in [3.05, 3.63) is 57.8 Å². The molecule has 0 amide bonds. The molecule has 0 bridgehead atoms. The van der Waals surface area contributed by atoms with Crippen LogP contribution >= 0.6 is 23.2 Å². The van der Waals surface area contributed by atoms with Crippen molar-refractivity contribution >= 4 is 40.2 Å². The van der Waals surface area contributed by atoms with Crippen LogP contribution in [0, 0.1) is 0 Å². The molecule has 3 rings (SSSR count). The third-order valence-electron chi connectivity index (χ3n) is 3.66. The lowest BCUT2D eigenvalue weighted by Crippen LogP contribution is -2.12. The molecule has 0 aliphatic carbocycles. The molecule has 124 valence electrons. The molecular formula is C17H14Cl2N2O3. The second-order valence-corrected chi connectivity index (χ2v) is 5.93. The molecule has 24 heavy (non-hydrogen) atoms. The molecule has 0 atom stereocenters. The van der Waals surface area contributed by atoms with E-state index in [1.165, 1.54) is 7.11 Å². The van der Waals surface area contributed by atoms with Gasteiger partial charge in [0.05, 0.1) is 35.3 Å². The third-order valence-corrected chi connectivity index (χ3v) is 4.38. The molecule has 0 spiro atoms. The Morgan fingerprint density at radius 1 is 1.12 bits per heavy atom. The highest BCUT2D eigenvalue weighted by Gasteiger charge is 2.19. The second-order valence-electron chi connectivity index (χ2n) is 5.12. The van der Waals surface area contributed by atoms with E-state index in [2.05, 4.69) is 4.98 Å². The van der Waals surface area contributed by atoms with E-state index in [4.69, 9.17) is 32.7 Å². The fourth-order valence-electron chi connectivity index (χ4n) is 2.44. The van der Waals surface area contributed by atoms with Crippen LogP contribution in [0.4, 0.5) is 0 Å². The first-order chi connectivity index (χ1) is 11.5. The molecule has 0 unspecified atom stereocenters. The third kappa shape index (κ3) is 3.05. The molecule has 7 heteroatoms. The minimum Gasteiger partial charge on any atom is -0.497 e. The van der Waals surface area contributed by atoms with Gasteiger partial charge < -0.3 is 14.0 Å². The number of halogens is 2. The Hall–Kier alpha value is -2.24. The molecule has 0 aliphatic heterocycles. The number of benzene rings is 2. The number of carbonyl (C=O) groups excluding carboxylic acids is 1. The SMILES string of the molecule is COC(=O)c1nc2cc(Cl)c(Cl)cc2n1Cc1ccc(OC)cc1. The highest BCUT2D eigenvalue weighted by atomic mass is 35.5. The van der Waals surface area contributed by atoms with Gasteiger partial charge in [0.1, 0.15) is 5.75 Å². The predicted molar refractivity (Wildman–Crippen MR) is 93.2 cm³/mol. The molecule has 0 aliphatic rings. The summed E-state index contributed by atoms with van der Waals surface area (Å²) in [6.45, 7) is 0.433. The van der Waals surface area contributed by atoms with Crippen molar-refractivity contribution in [2.24, 2.45) is 0 Å². The molecule has 5 nitrogen and oxygen atoms in total. The van der Waals surface area contributed by atoms with Crippen LogP contribution in [0.3, 0.4) is 0 Å². The van der Waals surface area contributed by atoms with E-state index in [-0.39, 0.29) is 5.82 Å². The average Bonchev–Trinajstić information content (AvgIpc) is 2.93. The Balaban J connectivity index is 2.12. The number of hydrogen-bond acceptors (Lipinski definition) is 4. The zero-order valence-corrected chi connectivity index (χ0v) is 14.6. The number of nitrogens with zero attached hydrogens (tertiary/aromatic N) is 2. The first-order valence-electron chi connectivity index (χ1n) is 7.10. The number of carbonyl (C=O) groups is 1. The van der Waals surface area contributed by atoms with E-state index >= 15 is 0 Å². The maximum atomic E-state index is 12.1. The van der Waals surface area contributed by atoms with Gasteiger partial charge in [-0.15, -0.1) is 0 Å². The van der Waals surface area contributed by atoms with Gasteiger partial charge in [-0.05, 0) is 29.8 Å². The van der Waals surface area contributed by atoms with Gasteiger partial charge in [0.15, 0.2) is 0 Å². The first kappa shape index (κ1) is 16.6. The van der Waals surface area contributed by atoms with Crippen molar-refractivity contribution in [1.29, 1.82) is 0 Å². The molecule has 0 saturated carbocycles. The standard InChI is InChI=1S/C17H14Cl2N2O3/c1-23-11-5-3-10(4-6-11)9-21-15-8-13(19)12(18)7-14(15)20-16(21)17(22)24-2/h3-8H,9H2,1-2H3. The molecule has 0 N–H and O–H groups in total. The lowest BCUT2D eigenvalue weighted by atomic mass is 10.2. The average molecular weight is 365 g/mol. The molecule has 1 aromatic heterocycles. The Morgan fingerprint density at radius 3 is 2.42 bits per heavy atom. The highest BCUT2D eigenvalue weighted by molar-refractivity contribution is 6.42. The summed E-state index contributed by atoms with van der Waals surface area (Å²) in [7, 11) is 2.93. The first-order valence-corrected chi connectivity index (χ1v) is 7.85. The summed E-state index contributed by atoms with van der Waals surface area (Å²) in [6.07, 6.45) is 0. The van der Waals surface area contributed by atoms with Crippen LogP contribution in [-0.4, -0.2) is 29.7 Å². The maximum Gasteiger partial charge on any atom is 0.374 e. The Morgan fingerprint density at radius 2 is 1.79 bits per heavy atom. The van der Waals surface area contributed by atoms with Crippen molar-refractivity contribution in [3.63, 3.8) is 0 Å². The van der Waals surface area contributed by atoms with Crippen LogP contribution in [0.5, 0.6) is 5.75 Å². The van der Waals surface area contributed by atoms with E-state index < -0.39 is 5.97 Å². The van der Waals surface area contributed by atoms with Crippen LogP contribution < -0.4 is 4.74 Å². The summed E-state index contributed by atoms with van der Waals surface area (Å²) in [6, 6.07) is 10.9. The van der Waals surface area contributed by atoms with E-state index in [9.17, 15) is 4.79 Å². The van der Waals surface area contributed by atoms with Crippen molar-refractivity contribution in [1.82, 2.24) is 9.55 Å². The topological polar surface area (TPSA) is 53.3 Å². The van der Waals surface area contributed by atoms with Gasteiger partial charge in [-0.3, -0.25) is 0 Å². The van der Waals surface area contributed by atoms with Gasteiger partial charge in [0.2, 0.25) is 5.82 Å². The Kier molecular flexibility index (Phi) is 4.64. The molecule has 0 saturated heterocycles. The largest absolute Gasteiger partial charge is 0.497 e. The number of aromatic nitrogens is 2. The minimum absolute atomic E-state index is 0.196. The zero-order chi connectivity index (χ0) is 17.3. The number of ether oxygens (including phenoxy) is 2. The van der Waals surface area contributed by atoms with E-state index in [1.807, 2.05) is 24.3 Å². The lowest BCUT2D eigenvalue weighted by Gasteiger charge is -2.09. The van der Waals surface area contributed by atoms with Gasteiger partial charge in [-0.25, -0.2) is 9.78 Å². The number of esters is 1. The number of imidazole rings is 1. The molecule has 2 aromatic carbocycles. The van der Waals surface area contributed by atoms with Gasteiger partial charge in [-0.1, -0.05) is 35.3 Å². The second kappa shape index (κ2) is 6.71. The number of rotatable bonds is 4. The fraction of sp³-hybridized carbons (Fsp3) is 0.176. The van der Waals surface area contributed by atoms with Crippen LogP contribution in [0.15, 0.2) is 36.4 Å². The normalized spacial score (nSPS) is 10.8. The maximum absolute atomic E-state index is 12.1. The monoisotopic (exact) mass is 364 g/mol. The number of hydrogen-bond donors (Lipinski definition) is 0. The smallest absolute Gasteiger partial charge is 0.374 e. The molecule has 3 aromatic rings. The summed E-state index contributed by atoms with van der Waals surface area (Å²) in [5.74, 6) is 0.436. The van der Waals surface area contributed by atoms with Gasteiger partial charge in [0.25, 0.3) is 0 Å². The minimum atomic E-state index is -0.521. The zero-order valence-electron chi connectivity index (χ0n) is 13.0. The van der Waals surface area contributed by atoms with Crippen molar-refractivity contribution in [2.45, 2.75) is 6.54 Å². The van der Waals surface area contributed by atoms with E-state index in [1.54, 1.807) is 23.8 Å². The summed E-state index contributed by atoms with van der Waals surface area (Å²) < 4.78 is 11.7. The lowest BCUT2D eigenvalue weighted by molar-refractivity contribution is 0.0582. The van der Waals surface area contributed by atoms with E-state index in [0.29, 0.717) is 27.6 Å². The number of fused-ring (bicyclic) bond motifs is 1. The summed E-state index contributed by atoms with van der Waals surface area (Å²) in [5, 5.41) is 0.783. The summed E-state index contributed by atoms with van der Waals surface area (Å²) in [5.41, 5.74) is 2.27. The van der Waals surface area contributed by atoms with Crippen LogP contribution in [0.1, 0.15) is 16.2 Å². The van der Waals surface area contributed by atoms with Gasteiger partial charge in [0, 0.05) is 6.54 Å². The quantitative estimate of drug-likeness (QED) is 0.651.